The van der Waals surface area contributed by atoms with Gasteiger partial charge in [-0.2, -0.15) is 5.10 Å². The Morgan fingerprint density at radius 1 is 1.43 bits per heavy atom. The number of aryl methyl sites for hydroxylation is 3. The lowest BCUT2D eigenvalue weighted by Crippen LogP contribution is -2.41. The van der Waals surface area contributed by atoms with Crippen LogP contribution < -0.4 is 5.32 Å². The van der Waals surface area contributed by atoms with E-state index < -0.39 is 0 Å². The molecular weight excluding hydrogens is 312 g/mol. The molecule has 8 heteroatoms. The van der Waals surface area contributed by atoms with Gasteiger partial charge in [0.1, 0.15) is 5.01 Å². The number of carbonyl (C=O) groups is 1. The van der Waals surface area contributed by atoms with Crippen molar-refractivity contribution < 1.29 is 4.79 Å². The molecule has 1 unspecified atom stereocenters. The second-order valence-corrected chi connectivity index (χ2v) is 6.71. The summed E-state index contributed by atoms with van der Waals surface area (Å²) in [4.78, 5) is 14.3. The average molecular weight is 336 g/mol. The summed E-state index contributed by atoms with van der Waals surface area (Å²) in [6.45, 7) is 9.42. The van der Waals surface area contributed by atoms with Crippen molar-refractivity contribution in [2.24, 2.45) is 0 Å². The predicted octanol–water partition coefficient (Wildman–Crippen LogP) is 1.87. The fourth-order valence-electron chi connectivity index (χ4n) is 2.20. The van der Waals surface area contributed by atoms with Gasteiger partial charge in [-0.1, -0.05) is 18.3 Å². The Hall–Kier alpha value is -1.80. The number of carbonyl (C=O) groups excluding carboxylic acids is 1. The first-order valence-corrected chi connectivity index (χ1v) is 8.57. The minimum Gasteiger partial charge on any atom is -0.299 e. The zero-order valence-electron chi connectivity index (χ0n) is 14.3. The first-order valence-electron chi connectivity index (χ1n) is 7.75. The Balaban J connectivity index is 1.86. The van der Waals surface area contributed by atoms with Gasteiger partial charge in [-0.05, 0) is 40.3 Å². The maximum Gasteiger partial charge on any atom is 0.243 e. The largest absolute Gasteiger partial charge is 0.299 e. The van der Waals surface area contributed by atoms with Gasteiger partial charge in [0.05, 0.1) is 18.3 Å². The van der Waals surface area contributed by atoms with E-state index in [0.29, 0.717) is 5.13 Å². The molecule has 0 aromatic carbocycles. The molecule has 0 fully saturated rings. The molecule has 0 aliphatic heterocycles. The van der Waals surface area contributed by atoms with Crippen molar-refractivity contribution in [3.63, 3.8) is 0 Å². The molecule has 0 bridgehead atoms. The van der Waals surface area contributed by atoms with Gasteiger partial charge in [0, 0.05) is 12.2 Å². The van der Waals surface area contributed by atoms with Crippen molar-refractivity contribution in [2.75, 3.05) is 18.9 Å². The predicted molar refractivity (Wildman–Crippen MR) is 91.7 cm³/mol. The summed E-state index contributed by atoms with van der Waals surface area (Å²) >= 11 is 1.42. The minimum atomic E-state index is -0.249. The molecular formula is C15H24N6OS. The average Bonchev–Trinajstić information content (AvgIpc) is 3.09. The van der Waals surface area contributed by atoms with Gasteiger partial charge in [-0.3, -0.25) is 19.7 Å². The lowest BCUT2D eigenvalue weighted by molar-refractivity contribution is -0.120. The lowest BCUT2D eigenvalue weighted by Gasteiger charge is -2.23. The van der Waals surface area contributed by atoms with Crippen molar-refractivity contribution in [1.29, 1.82) is 0 Å². The number of aromatic nitrogens is 4. The Bertz CT molecular complexity index is 665. The molecule has 0 saturated carbocycles. The first-order chi connectivity index (χ1) is 10.9. The third kappa shape index (κ3) is 4.59. The number of likely N-dealkylation sites (N-methyl/N-ethyl adjacent to an activating group) is 1. The maximum atomic E-state index is 12.3. The molecule has 0 radical (unpaired) electrons. The van der Waals surface area contributed by atoms with Crippen molar-refractivity contribution in [3.05, 3.63) is 22.5 Å². The second-order valence-electron chi connectivity index (χ2n) is 5.65. The number of rotatable bonds is 7. The zero-order valence-corrected chi connectivity index (χ0v) is 15.1. The van der Waals surface area contributed by atoms with Crippen LogP contribution in [0.1, 0.15) is 30.2 Å². The van der Waals surface area contributed by atoms with Crippen LogP contribution in [0.2, 0.25) is 0 Å². The van der Waals surface area contributed by atoms with Gasteiger partial charge < -0.3 is 0 Å². The van der Waals surface area contributed by atoms with Gasteiger partial charge in [0.15, 0.2) is 0 Å². The highest BCUT2D eigenvalue weighted by Crippen LogP contribution is 2.16. The quantitative estimate of drug-likeness (QED) is 0.835. The minimum absolute atomic E-state index is 0.0697. The molecule has 0 aliphatic rings. The summed E-state index contributed by atoms with van der Waals surface area (Å²) in [5, 5.41) is 16.7. The SMILES string of the molecule is CCc1nnc(NC(=O)C(C)N(C)CCn2nc(C)cc2C)s1. The zero-order chi connectivity index (χ0) is 17.0. The second kappa shape index (κ2) is 7.65. The maximum absolute atomic E-state index is 12.3. The van der Waals surface area contributed by atoms with E-state index in [2.05, 4.69) is 26.7 Å². The van der Waals surface area contributed by atoms with Crippen LogP contribution in [0.3, 0.4) is 0 Å². The molecule has 2 aromatic heterocycles. The van der Waals surface area contributed by atoms with Crippen LogP contribution >= 0.6 is 11.3 Å². The fourth-order valence-corrected chi connectivity index (χ4v) is 2.89. The number of amides is 1. The van der Waals surface area contributed by atoms with Crippen LogP contribution in [-0.2, 0) is 17.8 Å². The van der Waals surface area contributed by atoms with E-state index in [9.17, 15) is 4.79 Å². The molecule has 0 spiro atoms. The molecule has 0 saturated heterocycles. The van der Waals surface area contributed by atoms with Gasteiger partial charge in [-0.15, -0.1) is 10.2 Å². The lowest BCUT2D eigenvalue weighted by atomic mass is 10.3. The Kier molecular flexibility index (Phi) is 5.84. The van der Waals surface area contributed by atoms with Crippen molar-refractivity contribution in [1.82, 2.24) is 24.9 Å². The highest BCUT2D eigenvalue weighted by molar-refractivity contribution is 7.15. The van der Waals surface area contributed by atoms with Crippen molar-refractivity contribution in [3.8, 4) is 0 Å². The summed E-state index contributed by atoms with van der Waals surface area (Å²) < 4.78 is 1.97. The Morgan fingerprint density at radius 3 is 2.74 bits per heavy atom. The molecule has 126 valence electrons. The standard InChI is InChI=1S/C15H24N6OS/c1-6-13-17-18-15(23-13)16-14(22)12(4)20(5)7-8-21-11(3)9-10(2)19-21/h9,12H,6-8H2,1-5H3,(H,16,18,22). The number of hydrogen-bond donors (Lipinski definition) is 1. The number of nitrogens with one attached hydrogen (secondary N) is 1. The van der Waals surface area contributed by atoms with E-state index in [4.69, 9.17) is 0 Å². The van der Waals surface area contributed by atoms with E-state index in [-0.39, 0.29) is 11.9 Å². The van der Waals surface area contributed by atoms with Gasteiger partial charge in [-0.25, -0.2) is 0 Å². The summed E-state index contributed by atoms with van der Waals surface area (Å²) in [6, 6.07) is 1.80. The molecule has 1 atom stereocenters. The van der Waals surface area contributed by atoms with Crippen LogP contribution in [0.25, 0.3) is 0 Å². The summed E-state index contributed by atoms with van der Waals surface area (Å²) in [6.07, 6.45) is 0.825. The van der Waals surface area contributed by atoms with Crippen LogP contribution in [0.15, 0.2) is 6.07 Å². The molecule has 2 heterocycles. The van der Waals surface area contributed by atoms with E-state index in [1.54, 1.807) is 0 Å². The number of hydrogen-bond acceptors (Lipinski definition) is 6. The molecule has 0 aliphatic carbocycles. The van der Waals surface area contributed by atoms with E-state index in [1.807, 2.05) is 44.3 Å². The van der Waals surface area contributed by atoms with Gasteiger partial charge in [0.2, 0.25) is 11.0 Å². The van der Waals surface area contributed by atoms with Gasteiger partial charge in [0.25, 0.3) is 0 Å². The molecule has 7 nitrogen and oxygen atoms in total. The van der Waals surface area contributed by atoms with Gasteiger partial charge >= 0.3 is 0 Å². The number of anilines is 1. The van der Waals surface area contributed by atoms with E-state index in [1.165, 1.54) is 11.3 Å². The smallest absolute Gasteiger partial charge is 0.243 e. The van der Waals surface area contributed by atoms with Crippen LogP contribution in [0.5, 0.6) is 0 Å². The summed E-state index contributed by atoms with van der Waals surface area (Å²) in [7, 11) is 1.94. The molecule has 2 rings (SSSR count). The summed E-state index contributed by atoms with van der Waals surface area (Å²) in [5.41, 5.74) is 2.15. The van der Waals surface area contributed by atoms with Crippen LogP contribution in [0.4, 0.5) is 5.13 Å². The molecule has 1 N–H and O–H groups in total. The molecule has 2 aromatic rings. The third-order valence-corrected chi connectivity index (χ3v) is 4.79. The van der Waals surface area contributed by atoms with Crippen LogP contribution in [-0.4, -0.2) is 50.4 Å². The normalized spacial score (nSPS) is 12.6. The monoisotopic (exact) mass is 336 g/mol. The highest BCUT2D eigenvalue weighted by atomic mass is 32.1. The van der Waals surface area contributed by atoms with Crippen LogP contribution in [0, 0.1) is 13.8 Å². The number of nitrogens with zero attached hydrogens (tertiary/aromatic N) is 5. The van der Waals surface area contributed by atoms with Crippen molar-refractivity contribution >= 4 is 22.4 Å². The van der Waals surface area contributed by atoms with E-state index in [0.717, 1.165) is 35.9 Å². The Labute approximate surface area is 140 Å². The molecule has 1 amide bonds. The fraction of sp³-hybridized carbons (Fsp3) is 0.600. The first kappa shape index (κ1) is 17.6. The Morgan fingerprint density at radius 2 is 2.17 bits per heavy atom. The van der Waals surface area contributed by atoms with E-state index >= 15 is 0 Å². The summed E-state index contributed by atoms with van der Waals surface area (Å²) in [5.74, 6) is -0.0697. The topological polar surface area (TPSA) is 75.9 Å². The van der Waals surface area contributed by atoms with Crippen molar-refractivity contribution in [2.45, 2.75) is 46.7 Å². The highest BCUT2D eigenvalue weighted by Gasteiger charge is 2.19. The molecule has 23 heavy (non-hydrogen) atoms. The third-order valence-electron chi connectivity index (χ3n) is 3.81.